The molecule has 0 bridgehead atoms. The topological polar surface area (TPSA) is 123 Å². The van der Waals surface area contributed by atoms with Crippen LogP contribution in [0.1, 0.15) is 36.5 Å². The predicted octanol–water partition coefficient (Wildman–Crippen LogP) is 2.33. The quantitative estimate of drug-likeness (QED) is 0.384. The van der Waals surface area contributed by atoms with Gasteiger partial charge in [-0.1, -0.05) is 11.6 Å². The van der Waals surface area contributed by atoms with E-state index in [1.165, 1.54) is 13.0 Å². The Bertz CT molecular complexity index is 757. The Kier molecular flexibility index (Phi) is 5.08. The first kappa shape index (κ1) is 17.7. The lowest BCUT2D eigenvalue weighted by Crippen LogP contribution is -2.35. The average Bonchev–Trinajstić information content (AvgIpc) is 2.48. The van der Waals surface area contributed by atoms with Crippen molar-refractivity contribution >= 4 is 46.2 Å². The van der Waals surface area contributed by atoms with Gasteiger partial charge in [0.25, 0.3) is 5.69 Å². The second-order valence-electron chi connectivity index (χ2n) is 5.34. The van der Waals surface area contributed by atoms with Crippen LogP contribution >= 0.6 is 11.6 Å². The summed E-state index contributed by atoms with van der Waals surface area (Å²) in [7, 11) is 0. The van der Waals surface area contributed by atoms with Gasteiger partial charge < -0.3 is 5.32 Å². The van der Waals surface area contributed by atoms with E-state index in [2.05, 4.69) is 5.32 Å². The van der Waals surface area contributed by atoms with Crippen LogP contribution in [0.2, 0.25) is 5.02 Å². The number of hydrogen-bond donors (Lipinski definition) is 1. The number of nitro groups is 1. The van der Waals surface area contributed by atoms with Crippen LogP contribution in [0, 0.1) is 16.0 Å². The van der Waals surface area contributed by atoms with Crippen LogP contribution in [0.3, 0.4) is 0 Å². The summed E-state index contributed by atoms with van der Waals surface area (Å²) in [6.07, 6.45) is 0.459. The number of anilines is 1. The largest absolute Gasteiger partial charge is 0.325 e. The smallest absolute Gasteiger partial charge is 0.281 e. The summed E-state index contributed by atoms with van der Waals surface area (Å²) in [6.45, 7) is 1.20. The first-order chi connectivity index (χ1) is 11.2. The van der Waals surface area contributed by atoms with E-state index in [4.69, 9.17) is 11.6 Å². The molecule has 0 radical (unpaired) electrons. The molecule has 0 aromatic heterocycles. The summed E-state index contributed by atoms with van der Waals surface area (Å²) in [6, 6.07) is 2.19. The van der Waals surface area contributed by atoms with Crippen molar-refractivity contribution in [2.75, 3.05) is 5.32 Å². The van der Waals surface area contributed by atoms with Gasteiger partial charge in [-0.2, -0.15) is 0 Å². The van der Waals surface area contributed by atoms with Crippen molar-refractivity contribution < 1.29 is 24.1 Å². The molecule has 126 valence electrons. The fourth-order valence-electron chi connectivity index (χ4n) is 2.58. The van der Waals surface area contributed by atoms with Crippen molar-refractivity contribution in [3.8, 4) is 0 Å². The van der Waals surface area contributed by atoms with E-state index >= 15 is 0 Å². The second-order valence-corrected chi connectivity index (χ2v) is 5.72. The van der Waals surface area contributed by atoms with Crippen molar-refractivity contribution in [2.45, 2.75) is 26.2 Å². The molecular weight excluding hydrogens is 340 g/mol. The fourth-order valence-corrected chi connectivity index (χ4v) is 2.88. The van der Waals surface area contributed by atoms with E-state index in [0.29, 0.717) is 6.42 Å². The van der Waals surface area contributed by atoms with Crippen LogP contribution in [0.4, 0.5) is 11.4 Å². The van der Waals surface area contributed by atoms with E-state index < -0.39 is 45.3 Å². The predicted molar refractivity (Wildman–Crippen MR) is 84.1 cm³/mol. The Hall–Kier alpha value is -2.61. The molecule has 0 unspecified atom stereocenters. The Morgan fingerprint density at radius 3 is 2.33 bits per heavy atom. The number of ketones is 3. The monoisotopic (exact) mass is 352 g/mol. The van der Waals surface area contributed by atoms with Gasteiger partial charge in [0, 0.05) is 25.8 Å². The number of nitrogens with zero attached hydrogens (tertiary/aromatic N) is 1. The highest BCUT2D eigenvalue weighted by Gasteiger charge is 2.40. The second kappa shape index (κ2) is 6.88. The van der Waals surface area contributed by atoms with Crippen LogP contribution in [-0.4, -0.2) is 28.2 Å². The minimum atomic E-state index is -1.58. The maximum absolute atomic E-state index is 12.7. The number of nitrogens with one attached hydrogen (secondary N) is 1. The molecule has 1 aromatic carbocycles. The molecule has 1 amide bonds. The average molecular weight is 353 g/mol. The fraction of sp³-hybridized carbons (Fsp3) is 0.333. The molecule has 24 heavy (non-hydrogen) atoms. The lowest BCUT2D eigenvalue weighted by Gasteiger charge is -2.19. The Morgan fingerprint density at radius 1 is 1.25 bits per heavy atom. The number of Topliss-reactive ketones (excluding diaryl/α,β-unsaturated/α-hetero) is 3. The molecule has 0 atom stereocenters. The summed E-state index contributed by atoms with van der Waals surface area (Å²) in [5, 5.41) is 13.2. The van der Waals surface area contributed by atoms with Gasteiger partial charge >= 0.3 is 0 Å². The molecule has 1 N–H and O–H groups in total. The number of benzene rings is 1. The highest BCUT2D eigenvalue weighted by molar-refractivity contribution is 6.39. The standard InChI is InChI=1S/C15H13ClN2O6/c1-7(19)17-8-5-6-9(18(23)24)12(14(8)16)15(22)13-10(20)3-2-4-11(13)21/h5-6,13H,2-4H2,1H3,(H,17,19). The van der Waals surface area contributed by atoms with Gasteiger partial charge in [-0.05, 0) is 12.5 Å². The maximum Gasteiger partial charge on any atom is 0.281 e. The normalized spacial score (nSPS) is 15.2. The van der Waals surface area contributed by atoms with Crippen LogP contribution in [-0.2, 0) is 14.4 Å². The van der Waals surface area contributed by atoms with Crippen molar-refractivity contribution in [1.29, 1.82) is 0 Å². The molecule has 8 nitrogen and oxygen atoms in total. The molecule has 2 rings (SSSR count). The van der Waals surface area contributed by atoms with Crippen LogP contribution in [0.25, 0.3) is 0 Å². The van der Waals surface area contributed by atoms with E-state index in [-0.39, 0.29) is 23.6 Å². The molecule has 1 aliphatic carbocycles. The van der Waals surface area contributed by atoms with Gasteiger partial charge in [0.15, 0.2) is 17.3 Å². The lowest BCUT2D eigenvalue weighted by molar-refractivity contribution is -0.385. The molecule has 0 aliphatic heterocycles. The summed E-state index contributed by atoms with van der Waals surface area (Å²) in [5.41, 5.74) is -1.17. The highest BCUT2D eigenvalue weighted by atomic mass is 35.5. The third kappa shape index (κ3) is 3.33. The number of amides is 1. The van der Waals surface area contributed by atoms with Crippen molar-refractivity contribution in [3.63, 3.8) is 0 Å². The third-order valence-electron chi connectivity index (χ3n) is 3.63. The molecule has 1 aromatic rings. The maximum atomic E-state index is 12.7. The van der Waals surface area contributed by atoms with Gasteiger partial charge in [-0.3, -0.25) is 29.3 Å². The molecule has 0 saturated heterocycles. The Morgan fingerprint density at radius 2 is 1.83 bits per heavy atom. The Balaban J connectivity index is 2.59. The number of halogens is 1. The zero-order valence-corrected chi connectivity index (χ0v) is 13.4. The number of carbonyl (C=O) groups excluding carboxylic acids is 4. The van der Waals surface area contributed by atoms with Gasteiger partial charge in [-0.15, -0.1) is 0 Å². The molecule has 9 heteroatoms. The third-order valence-corrected chi connectivity index (χ3v) is 4.02. The van der Waals surface area contributed by atoms with E-state index in [1.807, 2.05) is 0 Å². The van der Waals surface area contributed by atoms with E-state index in [9.17, 15) is 29.3 Å². The molecule has 0 heterocycles. The number of rotatable bonds is 4. The lowest BCUT2D eigenvalue weighted by atomic mass is 9.81. The van der Waals surface area contributed by atoms with Crippen LogP contribution in [0.15, 0.2) is 12.1 Å². The van der Waals surface area contributed by atoms with Crippen molar-refractivity contribution in [2.24, 2.45) is 5.92 Å². The van der Waals surface area contributed by atoms with Gasteiger partial charge in [0.1, 0.15) is 11.5 Å². The van der Waals surface area contributed by atoms with Gasteiger partial charge in [0.2, 0.25) is 5.91 Å². The van der Waals surface area contributed by atoms with Gasteiger partial charge in [-0.25, -0.2) is 0 Å². The van der Waals surface area contributed by atoms with Gasteiger partial charge in [0.05, 0.1) is 15.6 Å². The number of hydrogen-bond acceptors (Lipinski definition) is 6. The first-order valence-corrected chi connectivity index (χ1v) is 7.46. The van der Waals surface area contributed by atoms with Crippen LogP contribution in [0.5, 0.6) is 0 Å². The van der Waals surface area contributed by atoms with Crippen molar-refractivity contribution in [3.05, 3.63) is 32.8 Å². The zero-order valence-electron chi connectivity index (χ0n) is 12.6. The summed E-state index contributed by atoms with van der Waals surface area (Å²) < 4.78 is 0. The SMILES string of the molecule is CC(=O)Nc1ccc([N+](=O)[O-])c(C(=O)C2C(=O)CCCC2=O)c1Cl. The van der Waals surface area contributed by atoms with E-state index in [1.54, 1.807) is 0 Å². The summed E-state index contributed by atoms with van der Waals surface area (Å²) >= 11 is 6.05. The molecule has 1 aliphatic rings. The number of carbonyl (C=O) groups is 4. The Labute approximate surface area is 141 Å². The minimum absolute atomic E-state index is 0.00572. The summed E-state index contributed by atoms with van der Waals surface area (Å²) in [4.78, 5) is 58.1. The summed E-state index contributed by atoms with van der Waals surface area (Å²) in [5.74, 6) is -4.23. The molecule has 1 fully saturated rings. The molecular formula is C15H13ClN2O6. The number of nitro benzene ring substituents is 1. The van der Waals surface area contributed by atoms with E-state index in [0.717, 1.165) is 6.07 Å². The van der Waals surface area contributed by atoms with Crippen molar-refractivity contribution in [1.82, 2.24) is 0 Å². The zero-order chi connectivity index (χ0) is 18.0. The van der Waals surface area contributed by atoms with Crippen LogP contribution < -0.4 is 5.32 Å². The highest BCUT2D eigenvalue weighted by Crippen LogP contribution is 2.36. The first-order valence-electron chi connectivity index (χ1n) is 7.08. The molecule has 0 spiro atoms. The molecule has 1 saturated carbocycles. The minimum Gasteiger partial charge on any atom is -0.325 e.